The lowest BCUT2D eigenvalue weighted by atomic mass is 10.0. The molecule has 2 unspecified atom stereocenters. The van der Waals surface area contributed by atoms with Crippen molar-refractivity contribution in [1.29, 1.82) is 0 Å². The highest BCUT2D eigenvalue weighted by Crippen LogP contribution is 2.43. The van der Waals surface area contributed by atoms with Gasteiger partial charge in [0.2, 0.25) is 0 Å². The van der Waals surface area contributed by atoms with Crippen LogP contribution in [-0.2, 0) is 21.4 Å². The van der Waals surface area contributed by atoms with E-state index in [1.807, 2.05) is 0 Å². The van der Waals surface area contributed by atoms with E-state index >= 15 is 0 Å². The van der Waals surface area contributed by atoms with Crippen LogP contribution in [0.25, 0.3) is 0 Å². The van der Waals surface area contributed by atoms with E-state index in [9.17, 15) is 19.2 Å². The Labute approximate surface area is 174 Å². The predicted molar refractivity (Wildman–Crippen MR) is 108 cm³/mol. The first-order chi connectivity index (χ1) is 13.9. The standard InChI is InChI=1S/C17H21N5O5S2/c1-20-17(18-12(23)13(24)19-20)29-8-9-7-28-16-11(27-2)15(26)22(16)10(9)14(25)21-5-3-4-6-21/h11,16H,3-8H2,1-2H3,(H,19,24). The summed E-state index contributed by atoms with van der Waals surface area (Å²) in [5, 5.41) is 2.55. The zero-order chi connectivity index (χ0) is 20.7. The number of thioether (sulfide) groups is 2. The van der Waals surface area contributed by atoms with Gasteiger partial charge in [-0.25, -0.2) is 0 Å². The minimum Gasteiger partial charge on any atom is -0.368 e. The van der Waals surface area contributed by atoms with Crippen LogP contribution in [0.3, 0.4) is 0 Å². The molecule has 0 aromatic carbocycles. The molecule has 12 heteroatoms. The highest BCUT2D eigenvalue weighted by Gasteiger charge is 2.54. The molecule has 0 radical (unpaired) electrons. The fraction of sp³-hybridized carbons (Fsp3) is 0.588. The zero-order valence-corrected chi connectivity index (χ0v) is 17.7. The van der Waals surface area contributed by atoms with Gasteiger partial charge in [0.25, 0.3) is 11.8 Å². The van der Waals surface area contributed by atoms with E-state index in [-0.39, 0.29) is 17.2 Å². The second-order valence-electron chi connectivity index (χ2n) is 7.01. The Balaban J connectivity index is 1.64. The van der Waals surface area contributed by atoms with E-state index < -0.39 is 17.2 Å². The van der Waals surface area contributed by atoms with Crippen molar-refractivity contribution in [3.8, 4) is 0 Å². The zero-order valence-electron chi connectivity index (χ0n) is 16.0. The molecule has 2 atom stereocenters. The highest BCUT2D eigenvalue weighted by molar-refractivity contribution is 8.01. The van der Waals surface area contributed by atoms with E-state index in [2.05, 4.69) is 10.1 Å². The molecule has 0 bridgehead atoms. The maximum Gasteiger partial charge on any atom is 0.339 e. The van der Waals surface area contributed by atoms with Crippen molar-refractivity contribution < 1.29 is 14.3 Å². The molecule has 0 saturated carbocycles. The van der Waals surface area contributed by atoms with Crippen molar-refractivity contribution in [1.82, 2.24) is 24.6 Å². The average molecular weight is 440 g/mol. The molecule has 3 aliphatic heterocycles. The van der Waals surface area contributed by atoms with Gasteiger partial charge in [-0.15, -0.1) is 11.8 Å². The Morgan fingerprint density at radius 2 is 2.03 bits per heavy atom. The minimum absolute atomic E-state index is 0.130. The van der Waals surface area contributed by atoms with Crippen LogP contribution in [0.5, 0.6) is 0 Å². The molecule has 1 aromatic heterocycles. The Morgan fingerprint density at radius 3 is 2.72 bits per heavy atom. The normalized spacial score (nSPS) is 24.0. The van der Waals surface area contributed by atoms with Crippen molar-refractivity contribution in [3.63, 3.8) is 0 Å². The fourth-order valence-electron chi connectivity index (χ4n) is 3.65. The van der Waals surface area contributed by atoms with Gasteiger partial charge < -0.3 is 9.64 Å². The first kappa shape index (κ1) is 20.2. The molecule has 10 nitrogen and oxygen atoms in total. The van der Waals surface area contributed by atoms with Crippen molar-refractivity contribution in [2.45, 2.75) is 29.5 Å². The number of likely N-dealkylation sites (tertiary alicyclic amines) is 1. The quantitative estimate of drug-likeness (QED) is 0.366. The van der Waals surface area contributed by atoms with Crippen LogP contribution in [0.1, 0.15) is 12.8 Å². The first-order valence-electron chi connectivity index (χ1n) is 9.21. The Bertz CT molecular complexity index is 997. The number of hydrogen-bond acceptors (Lipinski definition) is 8. The number of nitrogens with zero attached hydrogens (tertiary/aromatic N) is 4. The SMILES string of the molecule is COC1C(=O)N2C(C(=O)N3CCCC3)=C(CSc3nc(=O)c(=O)[nH]n3C)CSC12. The van der Waals surface area contributed by atoms with E-state index in [1.54, 1.807) is 28.6 Å². The van der Waals surface area contributed by atoms with Gasteiger partial charge in [-0.3, -0.25) is 33.9 Å². The van der Waals surface area contributed by atoms with Gasteiger partial charge in [-0.1, -0.05) is 11.8 Å². The molecular weight excluding hydrogens is 418 g/mol. The number of aromatic nitrogens is 3. The molecule has 4 heterocycles. The van der Waals surface area contributed by atoms with Gasteiger partial charge in [0.15, 0.2) is 11.3 Å². The van der Waals surface area contributed by atoms with Crippen molar-refractivity contribution >= 4 is 35.3 Å². The van der Waals surface area contributed by atoms with Gasteiger partial charge in [-0.2, -0.15) is 4.98 Å². The molecule has 156 valence electrons. The van der Waals surface area contributed by atoms with Crippen molar-refractivity contribution in [2.24, 2.45) is 7.05 Å². The fourth-order valence-corrected chi connectivity index (χ4v) is 6.08. The summed E-state index contributed by atoms with van der Waals surface area (Å²) < 4.78 is 6.66. The Morgan fingerprint density at radius 1 is 1.31 bits per heavy atom. The number of ether oxygens (including phenoxy) is 1. The smallest absolute Gasteiger partial charge is 0.339 e. The number of amides is 2. The van der Waals surface area contributed by atoms with Gasteiger partial charge in [0, 0.05) is 38.8 Å². The number of H-pyrrole nitrogens is 1. The maximum absolute atomic E-state index is 13.2. The third kappa shape index (κ3) is 3.53. The number of carbonyl (C=O) groups excluding carboxylic acids is 2. The number of rotatable bonds is 5. The average Bonchev–Trinajstić information content (AvgIpc) is 3.24. The van der Waals surface area contributed by atoms with E-state index in [4.69, 9.17) is 4.74 Å². The molecule has 4 rings (SSSR count). The predicted octanol–water partition coefficient (Wildman–Crippen LogP) is -0.633. The van der Waals surface area contributed by atoms with Crippen LogP contribution < -0.4 is 11.1 Å². The third-order valence-electron chi connectivity index (χ3n) is 5.17. The summed E-state index contributed by atoms with van der Waals surface area (Å²) in [5.41, 5.74) is -0.395. The van der Waals surface area contributed by atoms with Crippen LogP contribution in [0.4, 0.5) is 0 Å². The number of aryl methyl sites for hydroxylation is 1. The Hall–Kier alpha value is -2.05. The molecular formula is C17H21N5O5S2. The molecule has 1 N–H and O–H groups in total. The summed E-state index contributed by atoms with van der Waals surface area (Å²) in [6, 6.07) is 0. The van der Waals surface area contributed by atoms with E-state index in [0.717, 1.165) is 18.4 Å². The van der Waals surface area contributed by atoms with Gasteiger partial charge in [0.05, 0.1) is 0 Å². The van der Waals surface area contributed by atoms with Gasteiger partial charge in [-0.05, 0) is 18.4 Å². The molecule has 1 aromatic rings. The largest absolute Gasteiger partial charge is 0.368 e. The van der Waals surface area contributed by atoms with Crippen LogP contribution in [0.15, 0.2) is 26.0 Å². The maximum atomic E-state index is 13.2. The van der Waals surface area contributed by atoms with Crippen molar-refractivity contribution in [3.05, 3.63) is 32.0 Å². The lowest BCUT2D eigenvalue weighted by molar-refractivity contribution is -0.161. The summed E-state index contributed by atoms with van der Waals surface area (Å²) in [6.07, 6.45) is 1.39. The highest BCUT2D eigenvalue weighted by atomic mass is 32.2. The number of β-lactam (4-membered cyclic amide) rings is 1. The second-order valence-corrected chi connectivity index (χ2v) is 9.05. The third-order valence-corrected chi connectivity index (χ3v) is 7.60. The van der Waals surface area contributed by atoms with Gasteiger partial charge in [0.1, 0.15) is 11.1 Å². The molecule has 0 spiro atoms. The van der Waals surface area contributed by atoms with E-state index in [0.29, 0.717) is 35.4 Å². The molecule has 2 fully saturated rings. The molecule has 29 heavy (non-hydrogen) atoms. The van der Waals surface area contributed by atoms with Crippen LogP contribution >= 0.6 is 23.5 Å². The number of aromatic amines is 1. The number of fused-ring (bicyclic) bond motifs is 1. The van der Waals surface area contributed by atoms with Gasteiger partial charge >= 0.3 is 11.1 Å². The molecule has 2 saturated heterocycles. The minimum atomic E-state index is -0.855. The van der Waals surface area contributed by atoms with E-state index in [1.165, 1.54) is 23.6 Å². The molecule has 2 amide bonds. The first-order valence-corrected chi connectivity index (χ1v) is 11.2. The number of methoxy groups -OCH3 is 1. The molecule has 0 aliphatic carbocycles. The Kier molecular flexibility index (Phi) is 5.58. The lowest BCUT2D eigenvalue weighted by Crippen LogP contribution is -2.66. The summed E-state index contributed by atoms with van der Waals surface area (Å²) in [6.45, 7) is 1.37. The lowest BCUT2D eigenvalue weighted by Gasteiger charge is -2.49. The summed E-state index contributed by atoms with van der Waals surface area (Å²) >= 11 is 2.80. The summed E-state index contributed by atoms with van der Waals surface area (Å²) in [4.78, 5) is 55.9. The number of carbonyl (C=O) groups is 2. The molecule has 3 aliphatic rings. The van der Waals surface area contributed by atoms with Crippen molar-refractivity contribution in [2.75, 3.05) is 31.7 Å². The number of hydrogen-bond donors (Lipinski definition) is 1. The summed E-state index contributed by atoms with van der Waals surface area (Å²) in [7, 11) is 3.09. The monoisotopic (exact) mass is 439 g/mol. The number of nitrogens with one attached hydrogen (secondary N) is 1. The van der Waals surface area contributed by atoms with Crippen LogP contribution in [0.2, 0.25) is 0 Å². The van der Waals surface area contributed by atoms with Crippen LogP contribution in [-0.4, -0.2) is 79.6 Å². The summed E-state index contributed by atoms with van der Waals surface area (Å²) in [5.74, 6) is 0.620. The van der Waals surface area contributed by atoms with Crippen LogP contribution in [0, 0.1) is 0 Å². The second kappa shape index (κ2) is 8.00. The topological polar surface area (TPSA) is 118 Å².